The van der Waals surface area contributed by atoms with E-state index in [1.807, 2.05) is 13.0 Å². The first kappa shape index (κ1) is 12.9. The van der Waals surface area contributed by atoms with E-state index < -0.39 is 0 Å². The number of hydrogen-bond acceptors (Lipinski definition) is 2. The zero-order chi connectivity index (χ0) is 11.1. The number of carbonyl (C=O) groups excluding carboxylic acids is 1. The summed E-state index contributed by atoms with van der Waals surface area (Å²) in [6.45, 7) is 12.9. The monoisotopic (exact) mass is 196 g/mol. The van der Waals surface area contributed by atoms with Crippen LogP contribution in [0.3, 0.4) is 0 Å². The molecule has 0 saturated carbocycles. The number of allylic oxidation sites excluding steroid dienone is 1. The fraction of sp³-hybridized carbons (Fsp3) is 0.583. The maximum absolute atomic E-state index is 10.8. The van der Waals surface area contributed by atoms with Gasteiger partial charge in [0.15, 0.2) is 0 Å². The zero-order valence-corrected chi connectivity index (χ0v) is 9.38. The molecule has 0 aliphatic heterocycles. The van der Waals surface area contributed by atoms with Gasteiger partial charge in [-0.05, 0) is 31.3 Å². The molecular formula is C12H20O2. The van der Waals surface area contributed by atoms with Crippen LogP contribution in [0, 0.1) is 5.92 Å². The second-order valence-electron chi connectivity index (χ2n) is 3.73. The molecule has 0 aliphatic rings. The maximum atomic E-state index is 10.8. The summed E-state index contributed by atoms with van der Waals surface area (Å²) in [7, 11) is 0. The lowest BCUT2D eigenvalue weighted by Crippen LogP contribution is -2.17. The van der Waals surface area contributed by atoms with Gasteiger partial charge < -0.3 is 4.74 Å². The molecule has 2 atom stereocenters. The van der Waals surface area contributed by atoms with E-state index in [0.717, 1.165) is 18.4 Å². The summed E-state index contributed by atoms with van der Waals surface area (Å²) in [6, 6.07) is 0. The Kier molecular flexibility index (Phi) is 5.93. The Balaban J connectivity index is 4.03. The van der Waals surface area contributed by atoms with Gasteiger partial charge in [0.1, 0.15) is 6.10 Å². The molecule has 0 amide bonds. The van der Waals surface area contributed by atoms with Crippen LogP contribution < -0.4 is 0 Å². The average molecular weight is 196 g/mol. The molecule has 0 aromatic rings. The van der Waals surface area contributed by atoms with Crippen LogP contribution in [-0.4, -0.2) is 12.1 Å². The van der Waals surface area contributed by atoms with Crippen LogP contribution in [-0.2, 0) is 9.53 Å². The highest BCUT2D eigenvalue weighted by Crippen LogP contribution is 2.15. The van der Waals surface area contributed by atoms with Crippen molar-refractivity contribution in [2.45, 2.75) is 39.7 Å². The topological polar surface area (TPSA) is 26.3 Å². The van der Waals surface area contributed by atoms with E-state index >= 15 is 0 Å². The van der Waals surface area contributed by atoms with Gasteiger partial charge in [-0.25, -0.2) is 0 Å². The molecule has 0 bridgehead atoms. The minimum absolute atomic E-state index is 0.144. The first-order valence-electron chi connectivity index (χ1n) is 4.92. The quantitative estimate of drug-likeness (QED) is 0.482. The molecule has 0 aromatic carbocycles. The summed E-state index contributed by atoms with van der Waals surface area (Å²) >= 11 is 0. The Morgan fingerprint density at radius 2 is 2.00 bits per heavy atom. The van der Waals surface area contributed by atoms with E-state index in [4.69, 9.17) is 4.74 Å². The van der Waals surface area contributed by atoms with Crippen molar-refractivity contribution in [3.63, 3.8) is 0 Å². The third-order valence-electron chi connectivity index (χ3n) is 2.14. The molecular weight excluding hydrogens is 176 g/mol. The molecule has 0 spiro atoms. The standard InChI is InChI=1S/C12H20O2/c1-6-10(4)7-8-12(9(2)3)14-11(5)13/h6,10,12H,1-2,7-8H2,3-5H3/t10-,12+/m0/s1. The van der Waals surface area contributed by atoms with Gasteiger partial charge in [-0.3, -0.25) is 4.79 Å². The molecule has 0 radical (unpaired) electrons. The lowest BCUT2D eigenvalue weighted by Gasteiger charge is -2.18. The van der Waals surface area contributed by atoms with E-state index in [1.54, 1.807) is 0 Å². The Hall–Kier alpha value is -1.05. The van der Waals surface area contributed by atoms with Gasteiger partial charge in [0.2, 0.25) is 0 Å². The number of ether oxygens (including phenoxy) is 1. The molecule has 0 aromatic heterocycles. The Bertz CT molecular complexity index is 218. The molecule has 0 aliphatic carbocycles. The van der Waals surface area contributed by atoms with Crippen molar-refractivity contribution in [1.29, 1.82) is 0 Å². The van der Waals surface area contributed by atoms with Crippen LogP contribution in [0.4, 0.5) is 0 Å². The number of carbonyl (C=O) groups is 1. The van der Waals surface area contributed by atoms with Crippen LogP contribution in [0.5, 0.6) is 0 Å². The summed E-state index contributed by atoms with van der Waals surface area (Å²) in [5.41, 5.74) is 0.900. The van der Waals surface area contributed by atoms with Crippen LogP contribution >= 0.6 is 0 Å². The van der Waals surface area contributed by atoms with Crippen LogP contribution in [0.2, 0.25) is 0 Å². The molecule has 0 heterocycles. The first-order valence-corrected chi connectivity index (χ1v) is 4.92. The SMILES string of the molecule is C=C[C@H](C)CC[C@@H](OC(C)=O)C(=C)C. The zero-order valence-electron chi connectivity index (χ0n) is 9.38. The van der Waals surface area contributed by atoms with Crippen molar-refractivity contribution < 1.29 is 9.53 Å². The van der Waals surface area contributed by atoms with Crippen molar-refractivity contribution >= 4 is 5.97 Å². The van der Waals surface area contributed by atoms with Gasteiger partial charge in [-0.15, -0.1) is 6.58 Å². The number of hydrogen-bond donors (Lipinski definition) is 0. The summed E-state index contributed by atoms with van der Waals surface area (Å²) in [4.78, 5) is 10.8. The van der Waals surface area contributed by atoms with Crippen molar-refractivity contribution in [2.24, 2.45) is 5.92 Å². The average Bonchev–Trinajstić information content (AvgIpc) is 2.10. The minimum Gasteiger partial charge on any atom is -0.458 e. The molecule has 2 nitrogen and oxygen atoms in total. The second-order valence-corrected chi connectivity index (χ2v) is 3.73. The van der Waals surface area contributed by atoms with Crippen LogP contribution in [0.25, 0.3) is 0 Å². The van der Waals surface area contributed by atoms with Gasteiger partial charge in [-0.1, -0.05) is 19.6 Å². The molecule has 2 heteroatoms. The molecule has 0 unspecified atom stereocenters. The highest BCUT2D eigenvalue weighted by Gasteiger charge is 2.13. The minimum atomic E-state index is -0.246. The van der Waals surface area contributed by atoms with Crippen LogP contribution in [0.15, 0.2) is 24.8 Å². The first-order chi connectivity index (χ1) is 6.47. The van der Waals surface area contributed by atoms with Gasteiger partial charge in [-0.2, -0.15) is 0 Å². The molecule has 0 fully saturated rings. The van der Waals surface area contributed by atoms with Gasteiger partial charge in [0.05, 0.1) is 0 Å². The van der Waals surface area contributed by atoms with Crippen molar-refractivity contribution in [3.8, 4) is 0 Å². The summed E-state index contributed by atoms with van der Waals surface area (Å²) in [5, 5.41) is 0. The molecule has 14 heavy (non-hydrogen) atoms. The summed E-state index contributed by atoms with van der Waals surface area (Å²) in [5.74, 6) is 0.205. The third kappa shape index (κ3) is 5.57. The third-order valence-corrected chi connectivity index (χ3v) is 2.14. The summed E-state index contributed by atoms with van der Waals surface area (Å²) < 4.78 is 5.13. The Labute approximate surface area is 86.6 Å². The fourth-order valence-corrected chi connectivity index (χ4v) is 1.14. The maximum Gasteiger partial charge on any atom is 0.303 e. The molecule has 0 N–H and O–H groups in total. The van der Waals surface area contributed by atoms with E-state index in [9.17, 15) is 4.79 Å². The Morgan fingerprint density at radius 3 is 2.36 bits per heavy atom. The number of esters is 1. The summed E-state index contributed by atoms with van der Waals surface area (Å²) in [6.07, 6.45) is 3.55. The second kappa shape index (κ2) is 6.41. The number of rotatable bonds is 6. The molecule has 0 rings (SSSR count). The Morgan fingerprint density at radius 1 is 1.43 bits per heavy atom. The van der Waals surface area contributed by atoms with E-state index in [2.05, 4.69) is 20.1 Å². The predicted molar refractivity (Wildman–Crippen MR) is 59.0 cm³/mol. The van der Waals surface area contributed by atoms with Gasteiger partial charge >= 0.3 is 5.97 Å². The highest BCUT2D eigenvalue weighted by molar-refractivity contribution is 5.66. The lowest BCUT2D eigenvalue weighted by atomic mass is 10.0. The fourth-order valence-electron chi connectivity index (χ4n) is 1.14. The lowest BCUT2D eigenvalue weighted by molar-refractivity contribution is -0.144. The van der Waals surface area contributed by atoms with Crippen molar-refractivity contribution in [2.75, 3.05) is 0 Å². The van der Waals surface area contributed by atoms with Gasteiger partial charge in [0.25, 0.3) is 0 Å². The van der Waals surface area contributed by atoms with E-state index in [1.165, 1.54) is 6.92 Å². The highest BCUT2D eigenvalue weighted by atomic mass is 16.5. The van der Waals surface area contributed by atoms with E-state index in [-0.39, 0.29) is 12.1 Å². The predicted octanol–water partition coefficient (Wildman–Crippen LogP) is 3.10. The molecule has 80 valence electrons. The van der Waals surface area contributed by atoms with Crippen molar-refractivity contribution in [3.05, 3.63) is 24.8 Å². The van der Waals surface area contributed by atoms with Crippen LogP contribution in [0.1, 0.15) is 33.6 Å². The van der Waals surface area contributed by atoms with Crippen molar-refractivity contribution in [1.82, 2.24) is 0 Å². The van der Waals surface area contributed by atoms with Gasteiger partial charge in [0, 0.05) is 6.92 Å². The molecule has 0 saturated heterocycles. The normalized spacial score (nSPS) is 14.2. The largest absolute Gasteiger partial charge is 0.458 e. The smallest absolute Gasteiger partial charge is 0.303 e. The van der Waals surface area contributed by atoms with E-state index in [0.29, 0.717) is 5.92 Å².